The van der Waals surface area contributed by atoms with Crippen LogP contribution in [-0.4, -0.2) is 32.9 Å². The molecule has 0 saturated carbocycles. The summed E-state index contributed by atoms with van der Waals surface area (Å²) in [6, 6.07) is 2.71. The second-order valence-electron chi connectivity index (χ2n) is 6.17. The summed E-state index contributed by atoms with van der Waals surface area (Å²) in [5, 5.41) is 0. The third kappa shape index (κ3) is 3.46. The first-order chi connectivity index (χ1) is 11.4. The van der Waals surface area contributed by atoms with Crippen LogP contribution < -0.4 is 5.73 Å². The van der Waals surface area contributed by atoms with Gasteiger partial charge in [0.05, 0.1) is 18.4 Å². The Bertz CT molecular complexity index is 759. The molecule has 128 valence electrons. The summed E-state index contributed by atoms with van der Waals surface area (Å²) in [6.45, 7) is 3.75. The summed E-state index contributed by atoms with van der Waals surface area (Å²) >= 11 is 0. The number of fused-ring (bicyclic) bond motifs is 1. The molecule has 2 heterocycles. The smallest absolute Gasteiger partial charge is 0.224 e. The summed E-state index contributed by atoms with van der Waals surface area (Å²) in [4.78, 5) is 18.4. The fourth-order valence-electron chi connectivity index (χ4n) is 3.06. The molecule has 0 radical (unpaired) electrons. The zero-order chi connectivity index (χ0) is 17.3. The van der Waals surface area contributed by atoms with Gasteiger partial charge < -0.3 is 15.2 Å². The van der Waals surface area contributed by atoms with E-state index in [0.717, 1.165) is 29.7 Å². The third-order valence-electron chi connectivity index (χ3n) is 4.36. The lowest BCUT2D eigenvalue weighted by atomic mass is 10.0. The number of hydrogen-bond acceptors (Lipinski definition) is 3. The number of hydrogen-bond donors (Lipinski definition) is 1. The molecule has 5 nitrogen and oxygen atoms in total. The lowest BCUT2D eigenvalue weighted by molar-refractivity contribution is -0.133. The van der Waals surface area contributed by atoms with Crippen molar-refractivity contribution in [2.24, 2.45) is 5.73 Å². The van der Waals surface area contributed by atoms with Gasteiger partial charge in [-0.2, -0.15) is 0 Å². The highest BCUT2D eigenvalue weighted by Crippen LogP contribution is 2.17. The fourth-order valence-corrected chi connectivity index (χ4v) is 3.06. The maximum atomic E-state index is 13.7. The fraction of sp³-hybridized carbons (Fsp3) is 0.412. The largest absolute Gasteiger partial charge is 0.335 e. The molecule has 0 spiro atoms. The Labute approximate surface area is 139 Å². The van der Waals surface area contributed by atoms with Gasteiger partial charge >= 0.3 is 0 Å². The molecule has 2 N–H and O–H groups in total. The number of aromatic nitrogens is 2. The molecule has 1 aliphatic rings. The molecule has 3 rings (SSSR count). The van der Waals surface area contributed by atoms with Crippen molar-refractivity contribution in [2.75, 3.05) is 6.54 Å². The van der Waals surface area contributed by atoms with Gasteiger partial charge in [-0.1, -0.05) is 0 Å². The first-order valence-electron chi connectivity index (χ1n) is 7.92. The molecule has 7 heteroatoms. The minimum atomic E-state index is -0.553. The molecule has 0 bridgehead atoms. The van der Waals surface area contributed by atoms with Crippen molar-refractivity contribution in [1.82, 2.24) is 14.5 Å². The van der Waals surface area contributed by atoms with Crippen LogP contribution in [0.2, 0.25) is 0 Å². The molecule has 1 amide bonds. The van der Waals surface area contributed by atoms with Crippen LogP contribution in [0, 0.1) is 18.6 Å². The van der Waals surface area contributed by atoms with Gasteiger partial charge in [-0.3, -0.25) is 4.79 Å². The van der Waals surface area contributed by atoms with Crippen molar-refractivity contribution in [1.29, 1.82) is 0 Å². The Morgan fingerprint density at radius 3 is 2.96 bits per heavy atom. The summed E-state index contributed by atoms with van der Waals surface area (Å²) in [5.41, 5.74) is 7.17. The highest BCUT2D eigenvalue weighted by Gasteiger charge is 2.23. The third-order valence-corrected chi connectivity index (χ3v) is 4.36. The minimum absolute atomic E-state index is 0.0792. The number of carbonyl (C=O) groups is 1. The van der Waals surface area contributed by atoms with E-state index in [2.05, 4.69) is 9.55 Å². The summed E-state index contributed by atoms with van der Waals surface area (Å²) < 4.78 is 29.0. The van der Waals surface area contributed by atoms with Crippen molar-refractivity contribution < 1.29 is 13.6 Å². The predicted octanol–water partition coefficient (Wildman–Crippen LogP) is 1.77. The van der Waals surface area contributed by atoms with Crippen LogP contribution in [0.1, 0.15) is 23.5 Å². The number of amides is 1. The van der Waals surface area contributed by atoms with Gasteiger partial charge in [0.1, 0.15) is 17.5 Å². The number of imidazole rings is 1. The number of nitrogens with zero attached hydrogens (tertiary/aromatic N) is 3. The SMILES string of the molecule is Cc1ncc2n1CCN(C(=O)C[C@H](N)Cc1cc(F)ccc1F)C2. The Hall–Kier alpha value is -2.28. The zero-order valence-electron chi connectivity index (χ0n) is 13.5. The van der Waals surface area contributed by atoms with Gasteiger partial charge in [-0.05, 0) is 37.1 Å². The van der Waals surface area contributed by atoms with E-state index >= 15 is 0 Å². The number of halogens is 2. The Kier molecular flexibility index (Phi) is 4.62. The standard InChI is InChI=1S/C17H20F2N4O/c1-11-21-9-15-10-22(4-5-23(11)15)17(24)8-14(20)7-12-6-13(18)2-3-16(12)19/h2-3,6,9,14H,4-5,7-8,10,20H2,1H3/t14-/m1/s1. The van der Waals surface area contributed by atoms with Crippen molar-refractivity contribution >= 4 is 5.91 Å². The van der Waals surface area contributed by atoms with Crippen LogP contribution in [0.5, 0.6) is 0 Å². The lowest BCUT2D eigenvalue weighted by Crippen LogP contribution is -2.41. The number of nitrogens with two attached hydrogens (primary N) is 1. The maximum absolute atomic E-state index is 13.7. The van der Waals surface area contributed by atoms with E-state index in [4.69, 9.17) is 5.73 Å². The molecule has 0 saturated heterocycles. The van der Waals surface area contributed by atoms with E-state index in [1.54, 1.807) is 11.1 Å². The van der Waals surface area contributed by atoms with Crippen molar-refractivity contribution in [2.45, 2.75) is 38.9 Å². The Morgan fingerprint density at radius 1 is 1.38 bits per heavy atom. The molecular formula is C17H20F2N4O. The molecule has 0 unspecified atom stereocenters. The monoisotopic (exact) mass is 334 g/mol. The highest BCUT2D eigenvalue weighted by atomic mass is 19.1. The van der Waals surface area contributed by atoms with E-state index in [1.165, 1.54) is 0 Å². The highest BCUT2D eigenvalue weighted by molar-refractivity contribution is 5.77. The van der Waals surface area contributed by atoms with Gasteiger partial charge in [0.2, 0.25) is 5.91 Å². The summed E-state index contributed by atoms with van der Waals surface area (Å²) in [6.07, 6.45) is 2.00. The predicted molar refractivity (Wildman–Crippen MR) is 85.0 cm³/mol. The van der Waals surface area contributed by atoms with Crippen LogP contribution >= 0.6 is 0 Å². The van der Waals surface area contributed by atoms with Crippen molar-refractivity contribution in [3.63, 3.8) is 0 Å². The normalized spacial score (nSPS) is 15.2. The second kappa shape index (κ2) is 6.68. The van der Waals surface area contributed by atoms with Crippen molar-refractivity contribution in [3.8, 4) is 0 Å². The van der Waals surface area contributed by atoms with E-state index < -0.39 is 17.7 Å². The van der Waals surface area contributed by atoms with E-state index in [1.807, 2.05) is 6.92 Å². The average Bonchev–Trinajstić information content (AvgIpc) is 2.91. The molecule has 0 aliphatic carbocycles. The molecule has 24 heavy (non-hydrogen) atoms. The molecule has 2 aromatic rings. The number of aryl methyl sites for hydroxylation is 1. The van der Waals surface area contributed by atoms with Gasteiger partial charge in [0, 0.05) is 25.6 Å². The molecule has 1 aromatic carbocycles. The zero-order valence-corrected chi connectivity index (χ0v) is 13.5. The first-order valence-corrected chi connectivity index (χ1v) is 7.92. The number of rotatable bonds is 4. The molecular weight excluding hydrogens is 314 g/mol. The van der Waals surface area contributed by atoms with Crippen LogP contribution in [0.25, 0.3) is 0 Å². The van der Waals surface area contributed by atoms with Crippen LogP contribution in [0.3, 0.4) is 0 Å². The van der Waals surface area contributed by atoms with Crippen LogP contribution in [0.4, 0.5) is 8.78 Å². The van der Waals surface area contributed by atoms with Crippen molar-refractivity contribution in [3.05, 3.63) is 53.1 Å². The van der Waals surface area contributed by atoms with E-state index in [-0.39, 0.29) is 24.3 Å². The molecule has 1 aliphatic heterocycles. The topological polar surface area (TPSA) is 64.2 Å². The van der Waals surface area contributed by atoms with Gasteiger partial charge in [0.25, 0.3) is 0 Å². The molecule has 1 aromatic heterocycles. The van der Waals surface area contributed by atoms with Gasteiger partial charge in [-0.25, -0.2) is 13.8 Å². The van der Waals surface area contributed by atoms with Gasteiger partial charge in [-0.15, -0.1) is 0 Å². The maximum Gasteiger partial charge on any atom is 0.224 e. The summed E-state index contributed by atoms with van der Waals surface area (Å²) in [7, 11) is 0. The summed E-state index contributed by atoms with van der Waals surface area (Å²) in [5.74, 6) is -0.152. The van der Waals surface area contributed by atoms with Crippen LogP contribution in [0.15, 0.2) is 24.4 Å². The number of carbonyl (C=O) groups excluding carboxylic acids is 1. The van der Waals surface area contributed by atoms with E-state index in [9.17, 15) is 13.6 Å². The lowest BCUT2D eigenvalue weighted by Gasteiger charge is -2.29. The minimum Gasteiger partial charge on any atom is -0.335 e. The molecule has 1 atom stereocenters. The van der Waals surface area contributed by atoms with E-state index in [0.29, 0.717) is 19.6 Å². The number of benzene rings is 1. The Morgan fingerprint density at radius 2 is 2.17 bits per heavy atom. The molecule has 0 fully saturated rings. The van der Waals surface area contributed by atoms with Crippen LogP contribution in [-0.2, 0) is 24.3 Å². The Balaban J connectivity index is 1.59. The quantitative estimate of drug-likeness (QED) is 0.927. The second-order valence-corrected chi connectivity index (χ2v) is 6.17. The van der Waals surface area contributed by atoms with Gasteiger partial charge in [0.15, 0.2) is 0 Å². The average molecular weight is 334 g/mol. The first kappa shape index (κ1) is 16.6.